The molecule has 0 saturated heterocycles. The summed E-state index contributed by atoms with van der Waals surface area (Å²) in [6, 6.07) is 0. The topological polar surface area (TPSA) is 3.24 Å². The van der Waals surface area contributed by atoms with E-state index < -0.39 is 0 Å². The lowest BCUT2D eigenvalue weighted by molar-refractivity contribution is 0.516. The molecule has 0 spiro atoms. The molecule has 12 heavy (non-hydrogen) atoms. The fourth-order valence-corrected chi connectivity index (χ4v) is 0. The van der Waals surface area contributed by atoms with Gasteiger partial charge in [-0.25, -0.2) is 0 Å². The van der Waals surface area contributed by atoms with Gasteiger partial charge >= 0.3 is 0 Å². The zero-order valence-corrected chi connectivity index (χ0v) is 10.7. The lowest BCUT2D eigenvalue weighted by Gasteiger charge is -2.08. The van der Waals surface area contributed by atoms with Gasteiger partial charge in [0.2, 0.25) is 0 Å². The Morgan fingerprint density at radius 1 is 0.833 bits per heavy atom. The van der Waals surface area contributed by atoms with Crippen molar-refractivity contribution in [3.8, 4) is 0 Å². The quantitative estimate of drug-likeness (QED) is 0.578. The van der Waals surface area contributed by atoms with Gasteiger partial charge in [0.25, 0.3) is 0 Å². The van der Waals surface area contributed by atoms with Crippen molar-refractivity contribution in [1.82, 2.24) is 4.90 Å². The third-order valence-corrected chi connectivity index (χ3v) is 0.763. The van der Waals surface area contributed by atoms with Gasteiger partial charge in [0.1, 0.15) is 0 Å². The largest absolute Gasteiger partial charge is 0.382 e. The zero-order chi connectivity index (χ0) is 11.2. The Kier molecular flexibility index (Phi) is 58.7. The van der Waals surface area contributed by atoms with Crippen molar-refractivity contribution in [1.29, 1.82) is 0 Å². The van der Waals surface area contributed by atoms with Gasteiger partial charge in [0, 0.05) is 19.8 Å². The third-order valence-electron chi connectivity index (χ3n) is 0.763. The monoisotopic (exact) mass is 175 g/mol. The molecule has 0 rings (SSSR count). The minimum atomic E-state index is 1.09. The number of nitrogens with zero attached hydrogens (tertiary/aromatic N) is 1. The van der Waals surface area contributed by atoms with E-state index in [-0.39, 0.29) is 0 Å². The summed E-state index contributed by atoms with van der Waals surface area (Å²) in [5.41, 5.74) is 1.09. The van der Waals surface area contributed by atoms with Crippen molar-refractivity contribution in [2.75, 3.05) is 14.1 Å². The first kappa shape index (κ1) is 22.5. The van der Waals surface area contributed by atoms with E-state index in [1.165, 1.54) is 0 Å². The van der Waals surface area contributed by atoms with Crippen LogP contribution in [0.25, 0.3) is 0 Å². The first-order valence-electron chi connectivity index (χ1n) is 4.97. The van der Waals surface area contributed by atoms with E-state index in [0.29, 0.717) is 0 Å². The van der Waals surface area contributed by atoms with E-state index in [2.05, 4.69) is 6.58 Å². The van der Waals surface area contributed by atoms with Crippen LogP contribution >= 0.6 is 0 Å². The second-order valence-electron chi connectivity index (χ2n) is 1.63. The van der Waals surface area contributed by atoms with Crippen molar-refractivity contribution in [2.45, 2.75) is 48.5 Å². The van der Waals surface area contributed by atoms with Crippen LogP contribution in [0.3, 0.4) is 0 Å². The van der Waals surface area contributed by atoms with Crippen molar-refractivity contribution in [3.63, 3.8) is 0 Å². The van der Waals surface area contributed by atoms with Crippen LogP contribution in [0, 0.1) is 0 Å². The van der Waals surface area contributed by atoms with Crippen LogP contribution in [-0.4, -0.2) is 19.0 Å². The molecule has 0 saturated carbocycles. The summed E-state index contributed by atoms with van der Waals surface area (Å²) in [5, 5.41) is 0. The van der Waals surface area contributed by atoms with Crippen LogP contribution in [0.1, 0.15) is 48.5 Å². The van der Waals surface area contributed by atoms with Crippen LogP contribution in [0.5, 0.6) is 0 Å². The minimum absolute atomic E-state index is 1.09. The highest BCUT2D eigenvalue weighted by atomic mass is 15.1. The molecular formula is C11H29N. The van der Waals surface area contributed by atoms with Crippen LogP contribution in [0.4, 0.5) is 0 Å². The molecular weight excluding hydrogens is 146 g/mol. The average Bonchev–Trinajstić information content (AvgIpc) is 2.14. The second-order valence-corrected chi connectivity index (χ2v) is 1.63. The van der Waals surface area contributed by atoms with Gasteiger partial charge in [0.05, 0.1) is 0 Å². The van der Waals surface area contributed by atoms with E-state index in [0.717, 1.165) is 5.70 Å². The van der Waals surface area contributed by atoms with Gasteiger partial charge < -0.3 is 4.90 Å². The highest BCUT2D eigenvalue weighted by molar-refractivity contribution is 4.82. The van der Waals surface area contributed by atoms with E-state index in [1.54, 1.807) is 0 Å². The number of allylic oxidation sites excluding steroid dienone is 1. The Morgan fingerprint density at radius 2 is 0.917 bits per heavy atom. The maximum absolute atomic E-state index is 3.68. The summed E-state index contributed by atoms with van der Waals surface area (Å²) in [7, 11) is 3.95. The van der Waals surface area contributed by atoms with E-state index in [9.17, 15) is 0 Å². The molecule has 0 radical (unpaired) electrons. The van der Waals surface area contributed by atoms with Gasteiger partial charge in [-0.05, 0) is 6.92 Å². The summed E-state index contributed by atoms with van der Waals surface area (Å²) >= 11 is 0. The second kappa shape index (κ2) is 31.3. The first-order valence-corrected chi connectivity index (χ1v) is 4.97. The predicted molar refractivity (Wildman–Crippen MR) is 62.5 cm³/mol. The fourth-order valence-electron chi connectivity index (χ4n) is 0. The van der Waals surface area contributed by atoms with Gasteiger partial charge in [-0.1, -0.05) is 48.1 Å². The molecule has 0 fully saturated rings. The summed E-state index contributed by atoms with van der Waals surface area (Å²) in [4.78, 5) is 1.97. The maximum Gasteiger partial charge on any atom is 0.00578 e. The molecule has 0 heterocycles. The molecule has 0 N–H and O–H groups in total. The van der Waals surface area contributed by atoms with Gasteiger partial charge in [-0.15, -0.1) is 0 Å². The first-order chi connectivity index (χ1) is 5.64. The molecule has 0 amide bonds. The van der Waals surface area contributed by atoms with Crippen molar-refractivity contribution < 1.29 is 0 Å². The SMILES string of the molecule is C=C(C)N(C)C.CC.CC.CC. The lowest BCUT2D eigenvalue weighted by atomic mass is 10.5. The van der Waals surface area contributed by atoms with Crippen molar-refractivity contribution >= 4 is 0 Å². The molecule has 78 valence electrons. The number of hydrogen-bond donors (Lipinski definition) is 0. The lowest BCUT2D eigenvalue weighted by Crippen LogP contribution is -2.05. The van der Waals surface area contributed by atoms with Crippen molar-refractivity contribution in [3.05, 3.63) is 12.3 Å². The van der Waals surface area contributed by atoms with E-state index >= 15 is 0 Å². The standard InChI is InChI=1S/C5H11N.3C2H6/c1-5(2)6(3)4;3*1-2/h1H2,2-4H3;3*1-2H3. The molecule has 0 atom stereocenters. The smallest absolute Gasteiger partial charge is 0.00578 e. The molecule has 0 aromatic carbocycles. The molecule has 0 aromatic heterocycles. The van der Waals surface area contributed by atoms with Crippen LogP contribution in [0.15, 0.2) is 12.3 Å². The summed E-state index contributed by atoms with van der Waals surface area (Å²) in [6.45, 7) is 17.7. The van der Waals surface area contributed by atoms with Crippen LogP contribution in [0.2, 0.25) is 0 Å². The summed E-state index contributed by atoms with van der Waals surface area (Å²) < 4.78 is 0. The molecule has 1 heteroatoms. The van der Waals surface area contributed by atoms with Gasteiger partial charge in [0.15, 0.2) is 0 Å². The van der Waals surface area contributed by atoms with Crippen molar-refractivity contribution in [2.24, 2.45) is 0 Å². The molecule has 0 aliphatic heterocycles. The van der Waals surface area contributed by atoms with Crippen LogP contribution in [-0.2, 0) is 0 Å². The molecule has 0 aromatic rings. The Morgan fingerprint density at radius 3 is 0.917 bits per heavy atom. The average molecular weight is 175 g/mol. The normalized spacial score (nSPS) is 5.42. The molecule has 0 unspecified atom stereocenters. The number of rotatable bonds is 1. The van der Waals surface area contributed by atoms with Gasteiger partial charge in [-0.3, -0.25) is 0 Å². The Bertz CT molecular complexity index is 56.0. The molecule has 0 aliphatic rings. The number of hydrogen-bond acceptors (Lipinski definition) is 1. The zero-order valence-electron chi connectivity index (χ0n) is 10.7. The maximum atomic E-state index is 3.68. The third kappa shape index (κ3) is 55.5. The molecule has 1 nitrogen and oxygen atoms in total. The van der Waals surface area contributed by atoms with E-state index in [4.69, 9.17) is 0 Å². The van der Waals surface area contributed by atoms with Gasteiger partial charge in [-0.2, -0.15) is 0 Å². The summed E-state index contributed by atoms with van der Waals surface area (Å²) in [6.07, 6.45) is 0. The van der Waals surface area contributed by atoms with E-state index in [1.807, 2.05) is 67.5 Å². The summed E-state index contributed by atoms with van der Waals surface area (Å²) in [5.74, 6) is 0. The highest BCUT2D eigenvalue weighted by Gasteiger charge is 1.79. The highest BCUT2D eigenvalue weighted by Crippen LogP contribution is 1.86. The Balaban J connectivity index is -0.0000000453. The fraction of sp³-hybridized carbons (Fsp3) is 0.818. The molecule has 0 aliphatic carbocycles. The minimum Gasteiger partial charge on any atom is -0.382 e. The Hall–Kier alpha value is -0.460. The molecule has 0 bridgehead atoms. The van der Waals surface area contributed by atoms with Crippen LogP contribution < -0.4 is 0 Å². The Labute approximate surface area is 80.5 Å². The predicted octanol–water partition coefficient (Wildman–Crippen LogP) is 4.16.